The van der Waals surface area contributed by atoms with Crippen molar-refractivity contribution in [2.75, 3.05) is 12.4 Å². The zero-order valence-electron chi connectivity index (χ0n) is 17.1. The van der Waals surface area contributed by atoms with E-state index in [-0.39, 0.29) is 18.4 Å². The molecule has 160 valence electrons. The lowest BCUT2D eigenvalue weighted by atomic mass is 10.2. The van der Waals surface area contributed by atoms with Gasteiger partial charge in [0.1, 0.15) is 12.2 Å². The predicted molar refractivity (Wildman–Crippen MR) is 118 cm³/mol. The fourth-order valence-corrected chi connectivity index (χ4v) is 2.85. The van der Waals surface area contributed by atoms with Crippen LogP contribution in [0, 0.1) is 6.92 Å². The normalized spacial score (nSPS) is 10.3. The first-order valence-corrected chi connectivity index (χ1v) is 9.89. The van der Waals surface area contributed by atoms with E-state index in [9.17, 15) is 9.59 Å². The summed E-state index contributed by atoms with van der Waals surface area (Å²) in [4.78, 5) is 28.6. The second kappa shape index (κ2) is 10.4. The first-order chi connectivity index (χ1) is 14.9. The van der Waals surface area contributed by atoms with E-state index in [1.807, 2.05) is 6.92 Å². The van der Waals surface area contributed by atoms with Crippen LogP contribution in [0.1, 0.15) is 27.2 Å². The Balaban J connectivity index is 1.49. The highest BCUT2D eigenvalue weighted by atomic mass is 35.5. The number of methoxy groups -OCH3 is 1. The Labute approximate surface area is 185 Å². The molecule has 2 N–H and O–H groups in total. The zero-order valence-corrected chi connectivity index (χ0v) is 17.9. The summed E-state index contributed by atoms with van der Waals surface area (Å²) in [7, 11) is 1.48. The average Bonchev–Trinajstić information content (AvgIpc) is 2.78. The maximum absolute atomic E-state index is 12.4. The molecule has 31 heavy (non-hydrogen) atoms. The first-order valence-electron chi connectivity index (χ1n) is 9.51. The van der Waals surface area contributed by atoms with Crippen LogP contribution in [0.4, 0.5) is 10.5 Å². The smallest absolute Gasteiger partial charge is 0.411 e. The molecule has 0 saturated carbocycles. The predicted octanol–water partition coefficient (Wildman–Crippen LogP) is 4.73. The molecule has 0 aliphatic heterocycles. The minimum Gasteiger partial charge on any atom is -0.480 e. The molecule has 0 fully saturated rings. The number of benzene rings is 2. The van der Waals surface area contributed by atoms with E-state index in [1.54, 1.807) is 60.7 Å². The number of nitrogens with one attached hydrogen (secondary N) is 2. The third-order valence-corrected chi connectivity index (χ3v) is 4.63. The number of halogens is 1. The number of ether oxygens (including phenoxy) is 2. The molecule has 2 aromatic carbocycles. The molecule has 0 aliphatic carbocycles. The molecule has 3 aromatic rings. The molecule has 0 bridgehead atoms. The summed E-state index contributed by atoms with van der Waals surface area (Å²) in [5, 5.41) is 6.12. The van der Waals surface area contributed by atoms with E-state index in [0.717, 1.165) is 16.8 Å². The lowest BCUT2D eigenvalue weighted by molar-refractivity contribution is 0.0947. The van der Waals surface area contributed by atoms with Crippen LogP contribution < -0.4 is 15.4 Å². The molecular weight excluding hydrogens is 418 g/mol. The van der Waals surface area contributed by atoms with Gasteiger partial charge in [-0.1, -0.05) is 35.9 Å². The summed E-state index contributed by atoms with van der Waals surface area (Å²) in [5.74, 6) is 0.00601. The van der Waals surface area contributed by atoms with E-state index in [0.29, 0.717) is 22.8 Å². The van der Waals surface area contributed by atoms with Gasteiger partial charge in [-0.05, 0) is 54.4 Å². The summed E-state index contributed by atoms with van der Waals surface area (Å²) >= 11 is 5.83. The highest BCUT2D eigenvalue weighted by Crippen LogP contribution is 2.16. The van der Waals surface area contributed by atoms with Crippen LogP contribution >= 0.6 is 11.6 Å². The number of amides is 2. The van der Waals surface area contributed by atoms with Crippen molar-refractivity contribution in [1.82, 2.24) is 10.3 Å². The van der Waals surface area contributed by atoms with Crippen LogP contribution in [-0.4, -0.2) is 24.1 Å². The van der Waals surface area contributed by atoms with Gasteiger partial charge < -0.3 is 14.8 Å². The standard InChI is InChI=1S/C23H22ClN3O4/c1-15-3-12-20(22(26-15)30-2)21(28)25-13-16-6-10-19(11-7-16)27-23(29)31-14-17-4-8-18(24)9-5-17/h3-12H,13-14H2,1-2H3,(H,25,28)(H,27,29). The molecule has 1 heterocycles. The van der Waals surface area contributed by atoms with Gasteiger partial charge in [0.2, 0.25) is 5.88 Å². The molecule has 0 atom stereocenters. The molecule has 0 saturated heterocycles. The van der Waals surface area contributed by atoms with Gasteiger partial charge in [-0.2, -0.15) is 0 Å². The lowest BCUT2D eigenvalue weighted by Crippen LogP contribution is -2.23. The molecule has 1 aromatic heterocycles. The summed E-state index contributed by atoms with van der Waals surface area (Å²) in [6, 6.07) is 17.6. The maximum Gasteiger partial charge on any atom is 0.411 e. The van der Waals surface area contributed by atoms with Crippen molar-refractivity contribution >= 4 is 29.3 Å². The maximum atomic E-state index is 12.4. The van der Waals surface area contributed by atoms with Crippen molar-refractivity contribution in [3.8, 4) is 5.88 Å². The quantitative estimate of drug-likeness (QED) is 0.555. The second-order valence-corrected chi connectivity index (χ2v) is 7.15. The molecule has 8 heteroatoms. The first kappa shape index (κ1) is 22.1. The number of rotatable bonds is 7. The minimum absolute atomic E-state index is 0.143. The Morgan fingerprint density at radius 2 is 1.65 bits per heavy atom. The number of carbonyl (C=O) groups excluding carboxylic acids is 2. The minimum atomic E-state index is -0.560. The van der Waals surface area contributed by atoms with Crippen LogP contribution in [-0.2, 0) is 17.9 Å². The highest BCUT2D eigenvalue weighted by Gasteiger charge is 2.13. The SMILES string of the molecule is COc1nc(C)ccc1C(=O)NCc1ccc(NC(=O)OCc2ccc(Cl)cc2)cc1. The Morgan fingerprint density at radius 1 is 0.968 bits per heavy atom. The molecule has 0 spiro atoms. The Bertz CT molecular complexity index is 1050. The fraction of sp³-hybridized carbons (Fsp3) is 0.174. The molecule has 0 radical (unpaired) electrons. The molecule has 2 amide bonds. The molecule has 3 rings (SSSR count). The molecular formula is C23H22ClN3O4. The van der Waals surface area contributed by atoms with Crippen LogP contribution in [0.25, 0.3) is 0 Å². The van der Waals surface area contributed by atoms with Gasteiger partial charge in [0.15, 0.2) is 0 Å². The van der Waals surface area contributed by atoms with Crippen molar-refractivity contribution in [1.29, 1.82) is 0 Å². The largest absolute Gasteiger partial charge is 0.480 e. The van der Waals surface area contributed by atoms with Gasteiger partial charge in [0.05, 0.1) is 7.11 Å². The number of aromatic nitrogens is 1. The number of hydrogen-bond donors (Lipinski definition) is 2. The topological polar surface area (TPSA) is 89.5 Å². The summed E-state index contributed by atoms with van der Waals surface area (Å²) in [6.45, 7) is 2.29. The van der Waals surface area contributed by atoms with Crippen molar-refractivity contribution in [3.05, 3.63) is 88.1 Å². The van der Waals surface area contributed by atoms with Gasteiger partial charge in [0, 0.05) is 22.9 Å². The van der Waals surface area contributed by atoms with E-state index in [2.05, 4.69) is 15.6 Å². The third-order valence-electron chi connectivity index (χ3n) is 4.37. The second-order valence-electron chi connectivity index (χ2n) is 6.72. The van der Waals surface area contributed by atoms with Gasteiger partial charge in [0.25, 0.3) is 5.91 Å². The van der Waals surface area contributed by atoms with Gasteiger partial charge in [-0.25, -0.2) is 9.78 Å². The Kier molecular flexibility index (Phi) is 7.45. The molecule has 0 aliphatic rings. The van der Waals surface area contributed by atoms with E-state index in [1.165, 1.54) is 7.11 Å². The Morgan fingerprint density at radius 3 is 2.32 bits per heavy atom. The average molecular weight is 440 g/mol. The number of pyridine rings is 1. The summed E-state index contributed by atoms with van der Waals surface area (Å²) in [5.41, 5.74) is 3.43. The van der Waals surface area contributed by atoms with Gasteiger partial charge in [-0.15, -0.1) is 0 Å². The number of nitrogens with zero attached hydrogens (tertiary/aromatic N) is 1. The summed E-state index contributed by atoms with van der Waals surface area (Å²) < 4.78 is 10.4. The molecule has 0 unspecified atom stereocenters. The van der Waals surface area contributed by atoms with Crippen LogP contribution in [0.15, 0.2) is 60.7 Å². The number of anilines is 1. The monoisotopic (exact) mass is 439 g/mol. The van der Waals surface area contributed by atoms with Crippen LogP contribution in [0.3, 0.4) is 0 Å². The third kappa shape index (κ3) is 6.45. The van der Waals surface area contributed by atoms with Crippen molar-refractivity contribution < 1.29 is 19.1 Å². The van der Waals surface area contributed by atoms with Crippen molar-refractivity contribution in [2.24, 2.45) is 0 Å². The molecule has 7 nitrogen and oxygen atoms in total. The fourth-order valence-electron chi connectivity index (χ4n) is 2.73. The van der Waals surface area contributed by atoms with E-state index < -0.39 is 6.09 Å². The van der Waals surface area contributed by atoms with Gasteiger partial charge >= 0.3 is 6.09 Å². The zero-order chi connectivity index (χ0) is 22.2. The lowest BCUT2D eigenvalue weighted by Gasteiger charge is -2.10. The van der Waals surface area contributed by atoms with E-state index in [4.69, 9.17) is 21.1 Å². The van der Waals surface area contributed by atoms with Crippen LogP contribution in [0.2, 0.25) is 5.02 Å². The van der Waals surface area contributed by atoms with Crippen LogP contribution in [0.5, 0.6) is 5.88 Å². The summed E-state index contributed by atoms with van der Waals surface area (Å²) in [6.07, 6.45) is -0.560. The van der Waals surface area contributed by atoms with E-state index >= 15 is 0 Å². The number of carbonyl (C=O) groups is 2. The number of aryl methyl sites for hydroxylation is 1. The number of hydrogen-bond acceptors (Lipinski definition) is 5. The van der Waals surface area contributed by atoms with Crippen molar-refractivity contribution in [2.45, 2.75) is 20.1 Å². The highest BCUT2D eigenvalue weighted by molar-refractivity contribution is 6.30. The Hall–Kier alpha value is -3.58. The van der Waals surface area contributed by atoms with Crippen molar-refractivity contribution in [3.63, 3.8) is 0 Å². The van der Waals surface area contributed by atoms with Gasteiger partial charge in [-0.3, -0.25) is 10.1 Å².